The Balaban J connectivity index is -0.0000000133. The minimum absolute atomic E-state index is 0. The van der Waals surface area contributed by atoms with Gasteiger partial charge in [0.1, 0.15) is 0 Å². The van der Waals surface area contributed by atoms with Gasteiger partial charge in [-0.05, 0) is 0 Å². The number of halogens is 6. The van der Waals surface area contributed by atoms with Gasteiger partial charge in [-0.3, -0.25) is 0 Å². The molecule has 0 aromatic carbocycles. The largest absolute Gasteiger partial charge is 1.00 e. The molecule has 0 saturated carbocycles. The van der Waals surface area contributed by atoms with Gasteiger partial charge in [-0.2, -0.15) is 0 Å². The Morgan fingerprint density at radius 2 is 0.667 bits per heavy atom. The van der Waals surface area contributed by atoms with Crippen molar-refractivity contribution in [1.82, 2.24) is 0 Å². The minimum Gasteiger partial charge on any atom is 1.00 e. The maximum absolute atomic E-state index is 5.03. The van der Waals surface area contributed by atoms with E-state index in [1.54, 1.807) is 0 Å². The van der Waals surface area contributed by atoms with Crippen LogP contribution in [0.15, 0.2) is 0 Å². The summed E-state index contributed by atoms with van der Waals surface area (Å²) in [5.41, 5.74) is 0. The molecule has 9 heteroatoms. The first-order valence-electron chi connectivity index (χ1n) is 0.617. The third kappa shape index (κ3) is 57.7. The maximum atomic E-state index is 5.03. The Hall–Kier alpha value is 5.70. The van der Waals surface area contributed by atoms with Gasteiger partial charge in [-0.15, -0.1) is 0 Å². The standard InChI is InChI=1S/6ClH.2K.W/h6*1H;;;/q;;;;;;2*+1;+4/p-6. The van der Waals surface area contributed by atoms with E-state index in [1.807, 2.05) is 0 Å². The van der Waals surface area contributed by atoms with E-state index in [0.29, 0.717) is 0 Å². The fourth-order valence-corrected chi connectivity index (χ4v) is 0. The zero-order valence-corrected chi connectivity index (χ0v) is 18.4. The average Bonchev–Trinajstić information content (AvgIpc) is 0.722. The molecule has 0 amide bonds. The summed E-state index contributed by atoms with van der Waals surface area (Å²) >= 11 is -3.28. The first-order valence-corrected chi connectivity index (χ1v) is 15.2. The summed E-state index contributed by atoms with van der Waals surface area (Å²) in [6.45, 7) is 0. The molecule has 0 aliphatic rings. The van der Waals surface area contributed by atoms with Gasteiger partial charge in [0, 0.05) is 0 Å². The first-order chi connectivity index (χ1) is 2.00. The molecule has 0 spiro atoms. The predicted octanol–water partition coefficient (Wildman–Crippen LogP) is -9.23. The van der Waals surface area contributed by atoms with Crippen molar-refractivity contribution in [2.75, 3.05) is 0 Å². The molecular formula is Cl6K2W. The number of rotatable bonds is 0. The summed E-state index contributed by atoms with van der Waals surface area (Å²) in [6, 6.07) is 0. The molecule has 0 aliphatic heterocycles. The Labute approximate surface area is 171 Å². The van der Waals surface area contributed by atoms with Crippen molar-refractivity contribution >= 4 is 37.7 Å². The topological polar surface area (TPSA) is 0 Å². The van der Waals surface area contributed by atoms with Crippen LogP contribution < -0.4 is 128 Å². The van der Waals surface area contributed by atoms with Gasteiger partial charge in [0.15, 0.2) is 0 Å². The predicted molar refractivity (Wildman–Crippen MR) is 23.4 cm³/mol. The van der Waals surface area contributed by atoms with E-state index in [0.717, 1.165) is 0 Å². The second kappa shape index (κ2) is 16.1. The minimum atomic E-state index is -3.28. The van der Waals surface area contributed by atoms with Crippen molar-refractivity contribution in [3.8, 4) is 0 Å². The van der Waals surface area contributed by atoms with Gasteiger partial charge in [-0.1, -0.05) is 0 Å². The van der Waals surface area contributed by atoms with Crippen LogP contribution >= 0.6 is 37.7 Å². The zero-order valence-electron chi connectivity index (χ0n) is 4.68. The second-order valence-electron chi connectivity index (χ2n) is 0.350. The van der Waals surface area contributed by atoms with E-state index in [1.165, 1.54) is 0 Å². The summed E-state index contributed by atoms with van der Waals surface area (Å²) in [5.74, 6) is 0. The average molecular weight is 475 g/mol. The second-order valence-corrected chi connectivity index (χ2v) is 25.8. The monoisotopic (exact) mass is 472 g/mol. The van der Waals surface area contributed by atoms with Crippen molar-refractivity contribution in [3.63, 3.8) is 0 Å². The molecule has 0 N–H and O–H groups in total. The molecule has 0 aliphatic carbocycles. The third-order valence-corrected chi connectivity index (χ3v) is 0. The molecule has 0 saturated heterocycles. The fraction of sp³-hybridized carbons (Fsp3) is 0. The van der Waals surface area contributed by atoms with Crippen molar-refractivity contribution in [2.45, 2.75) is 0 Å². The molecular weight excluding hydrogens is 475 g/mol. The van der Waals surface area contributed by atoms with Crippen LogP contribution in [-0.2, 0) is 11.9 Å². The van der Waals surface area contributed by atoms with Crippen molar-refractivity contribution in [3.05, 3.63) is 0 Å². The smallest absolute Gasteiger partial charge is 1.00 e. The van der Waals surface area contributed by atoms with Gasteiger partial charge in [-0.25, -0.2) is 0 Å². The van der Waals surface area contributed by atoms with Crippen molar-refractivity contribution in [2.24, 2.45) is 0 Å². The van der Waals surface area contributed by atoms with Crippen molar-refractivity contribution in [1.29, 1.82) is 0 Å². The molecule has 0 bridgehead atoms. The van der Waals surface area contributed by atoms with Crippen LogP contribution in [-0.4, -0.2) is 0 Å². The van der Waals surface area contributed by atoms with E-state index in [9.17, 15) is 0 Å². The normalized spacial score (nSPS) is 8.44. The van der Waals surface area contributed by atoms with Gasteiger partial charge >= 0.3 is 152 Å². The SMILES string of the molecule is [Cl-].[Cl-].[Cl][W]([Cl])([Cl])[Cl].[K+].[K+]. The van der Waals surface area contributed by atoms with Crippen LogP contribution in [0, 0.1) is 0 Å². The molecule has 0 aromatic heterocycles. The molecule has 0 nitrogen and oxygen atoms in total. The van der Waals surface area contributed by atoms with Gasteiger partial charge in [0.05, 0.1) is 0 Å². The molecule has 0 heterocycles. The van der Waals surface area contributed by atoms with E-state index in [4.69, 9.17) is 37.7 Å². The summed E-state index contributed by atoms with van der Waals surface area (Å²) in [4.78, 5) is 0. The Bertz CT molecular complexity index is 26.5. The van der Waals surface area contributed by atoms with Crippen LogP contribution in [0.3, 0.4) is 0 Å². The zero-order chi connectivity index (χ0) is 4.50. The van der Waals surface area contributed by atoms with Crippen LogP contribution in [0.2, 0.25) is 0 Å². The molecule has 0 radical (unpaired) electrons. The Morgan fingerprint density at radius 1 is 0.667 bits per heavy atom. The molecule has 0 aromatic rings. The molecule has 0 unspecified atom stereocenters. The maximum Gasteiger partial charge on any atom is 1.00 e. The summed E-state index contributed by atoms with van der Waals surface area (Å²) in [7, 11) is 20.1. The van der Waals surface area contributed by atoms with Crippen LogP contribution in [0.1, 0.15) is 0 Å². The van der Waals surface area contributed by atoms with Crippen LogP contribution in [0.25, 0.3) is 0 Å². The van der Waals surface area contributed by atoms with E-state index >= 15 is 0 Å². The summed E-state index contributed by atoms with van der Waals surface area (Å²) in [5, 5.41) is 0. The Morgan fingerprint density at radius 3 is 0.667 bits per heavy atom. The third-order valence-electron chi connectivity index (χ3n) is 0. The number of hydrogen-bond acceptors (Lipinski definition) is 0. The first kappa shape index (κ1) is 29.3. The Kier molecular flexibility index (Phi) is 52.6. The van der Waals surface area contributed by atoms with Gasteiger partial charge in [0.25, 0.3) is 0 Å². The van der Waals surface area contributed by atoms with Crippen LogP contribution in [0.4, 0.5) is 0 Å². The summed E-state index contributed by atoms with van der Waals surface area (Å²) in [6.07, 6.45) is 0. The molecule has 50 valence electrons. The number of hydrogen-bond donors (Lipinski definition) is 0. The fourth-order valence-electron chi connectivity index (χ4n) is 0. The molecule has 9 heavy (non-hydrogen) atoms. The van der Waals surface area contributed by atoms with E-state index < -0.39 is 11.9 Å². The van der Waals surface area contributed by atoms with Gasteiger partial charge < -0.3 is 24.8 Å². The van der Waals surface area contributed by atoms with E-state index in [-0.39, 0.29) is 128 Å². The molecule has 0 rings (SSSR count). The summed E-state index contributed by atoms with van der Waals surface area (Å²) < 4.78 is 0. The van der Waals surface area contributed by atoms with Crippen LogP contribution in [0.5, 0.6) is 0 Å². The molecule has 0 atom stereocenters. The van der Waals surface area contributed by atoms with Gasteiger partial charge in [0.2, 0.25) is 0 Å². The van der Waals surface area contributed by atoms with E-state index in [2.05, 4.69) is 0 Å². The molecule has 0 fully saturated rings. The quantitative estimate of drug-likeness (QED) is 0.306. The van der Waals surface area contributed by atoms with Crippen molar-refractivity contribution < 1.29 is 139 Å².